The summed E-state index contributed by atoms with van der Waals surface area (Å²) in [5, 5.41) is 12.4. The molecule has 5 heteroatoms. The van der Waals surface area contributed by atoms with Crippen LogP contribution in [0.15, 0.2) is 35.7 Å². The fourth-order valence-corrected chi connectivity index (χ4v) is 2.48. The zero-order chi connectivity index (χ0) is 11.8. The molecule has 0 radical (unpaired) electrons. The molecule has 0 unspecified atom stereocenters. The highest BCUT2D eigenvalue weighted by Gasteiger charge is 2.08. The minimum atomic E-state index is 0.159. The van der Waals surface area contributed by atoms with Crippen molar-refractivity contribution in [2.45, 2.75) is 0 Å². The van der Waals surface area contributed by atoms with Gasteiger partial charge < -0.3 is 5.11 Å². The number of benzene rings is 1. The van der Waals surface area contributed by atoms with E-state index in [1.54, 1.807) is 29.5 Å². The molecule has 0 amide bonds. The van der Waals surface area contributed by atoms with Crippen LogP contribution in [0.1, 0.15) is 0 Å². The molecule has 0 aliphatic carbocycles. The fourth-order valence-electron chi connectivity index (χ4n) is 1.60. The monoisotopic (exact) mass is 262 g/mol. The van der Waals surface area contributed by atoms with E-state index in [0.29, 0.717) is 16.4 Å². The third kappa shape index (κ3) is 1.85. The molecule has 3 aromatic rings. The number of phenols is 1. The third-order valence-electron chi connectivity index (χ3n) is 2.37. The van der Waals surface area contributed by atoms with Gasteiger partial charge in [0.2, 0.25) is 0 Å². The van der Waals surface area contributed by atoms with Gasteiger partial charge in [0.15, 0.2) is 5.82 Å². The number of rotatable bonds is 1. The first-order valence-electron chi connectivity index (χ1n) is 4.94. The molecule has 0 atom stereocenters. The van der Waals surface area contributed by atoms with E-state index in [4.69, 9.17) is 11.6 Å². The van der Waals surface area contributed by atoms with Crippen molar-refractivity contribution in [1.29, 1.82) is 0 Å². The molecule has 1 aromatic carbocycles. The van der Waals surface area contributed by atoms with E-state index in [9.17, 15) is 5.11 Å². The van der Waals surface area contributed by atoms with Gasteiger partial charge in [0.1, 0.15) is 10.9 Å². The van der Waals surface area contributed by atoms with Crippen molar-refractivity contribution >= 4 is 33.8 Å². The van der Waals surface area contributed by atoms with E-state index in [1.807, 2.05) is 17.5 Å². The van der Waals surface area contributed by atoms with E-state index in [0.717, 1.165) is 10.4 Å². The molecule has 0 bridgehead atoms. The van der Waals surface area contributed by atoms with Gasteiger partial charge >= 0.3 is 0 Å². The number of fused-ring (bicyclic) bond motifs is 1. The highest BCUT2D eigenvalue weighted by atomic mass is 35.5. The summed E-state index contributed by atoms with van der Waals surface area (Å²) in [6.45, 7) is 0. The highest BCUT2D eigenvalue weighted by Crippen LogP contribution is 2.28. The lowest BCUT2D eigenvalue weighted by atomic mass is 10.2. The lowest BCUT2D eigenvalue weighted by molar-refractivity contribution is 0.476. The first-order chi connectivity index (χ1) is 8.24. The Hall–Kier alpha value is -1.65. The number of phenolic OH excluding ortho intramolecular Hbond substituents is 1. The zero-order valence-electron chi connectivity index (χ0n) is 8.59. The molecule has 0 aliphatic rings. The summed E-state index contributed by atoms with van der Waals surface area (Å²) in [4.78, 5) is 9.64. The van der Waals surface area contributed by atoms with Gasteiger partial charge in [-0.15, -0.1) is 11.3 Å². The molecule has 2 heterocycles. The molecule has 0 saturated carbocycles. The Kier molecular flexibility index (Phi) is 2.46. The van der Waals surface area contributed by atoms with Crippen molar-refractivity contribution < 1.29 is 5.11 Å². The van der Waals surface area contributed by atoms with Crippen LogP contribution >= 0.6 is 22.9 Å². The molecule has 3 rings (SSSR count). The van der Waals surface area contributed by atoms with Crippen LogP contribution < -0.4 is 0 Å². The summed E-state index contributed by atoms with van der Waals surface area (Å²) >= 11 is 7.66. The first-order valence-corrected chi connectivity index (χ1v) is 6.20. The van der Waals surface area contributed by atoms with E-state index in [-0.39, 0.29) is 5.75 Å². The van der Waals surface area contributed by atoms with Crippen LogP contribution in [0.25, 0.3) is 21.6 Å². The molecule has 0 saturated heterocycles. The van der Waals surface area contributed by atoms with Crippen LogP contribution in [-0.2, 0) is 0 Å². The first kappa shape index (κ1) is 10.5. The predicted molar refractivity (Wildman–Crippen MR) is 69.5 cm³/mol. The minimum absolute atomic E-state index is 0.159. The molecule has 1 N–H and O–H groups in total. The van der Waals surface area contributed by atoms with Crippen molar-refractivity contribution in [3.05, 3.63) is 40.9 Å². The minimum Gasteiger partial charge on any atom is -0.508 e. The van der Waals surface area contributed by atoms with Gasteiger partial charge in [0.25, 0.3) is 0 Å². The fraction of sp³-hybridized carbons (Fsp3) is 0. The normalized spacial score (nSPS) is 10.9. The van der Waals surface area contributed by atoms with Crippen molar-refractivity contribution in [2.24, 2.45) is 0 Å². The Morgan fingerprint density at radius 3 is 2.82 bits per heavy atom. The van der Waals surface area contributed by atoms with Crippen LogP contribution in [0.5, 0.6) is 5.75 Å². The lowest BCUT2D eigenvalue weighted by Gasteiger charge is -2.03. The molecule has 84 valence electrons. The number of aromatic hydroxyl groups is 1. The largest absolute Gasteiger partial charge is 0.508 e. The smallest absolute Gasteiger partial charge is 0.171 e. The topological polar surface area (TPSA) is 46.0 Å². The maximum atomic E-state index is 9.40. The highest BCUT2D eigenvalue weighted by molar-refractivity contribution is 7.13. The Morgan fingerprint density at radius 1 is 1.18 bits per heavy atom. The van der Waals surface area contributed by atoms with Crippen LogP contribution in [-0.4, -0.2) is 15.1 Å². The summed E-state index contributed by atoms with van der Waals surface area (Å²) in [6, 6.07) is 8.77. The molecule has 3 nitrogen and oxygen atoms in total. The number of aromatic nitrogens is 2. The standard InChI is InChI=1S/C12H7ClN2OS/c13-11-8-6-7(16)3-4-9(8)14-12(15-11)10-2-1-5-17-10/h1-6,16H. The molecule has 17 heavy (non-hydrogen) atoms. The van der Waals surface area contributed by atoms with Crippen LogP contribution in [0.2, 0.25) is 5.15 Å². The van der Waals surface area contributed by atoms with Crippen molar-refractivity contribution in [1.82, 2.24) is 9.97 Å². The Labute approximate surface area is 106 Å². The molecule has 0 fully saturated rings. The quantitative estimate of drug-likeness (QED) is 0.680. The Bertz CT molecular complexity index is 682. The lowest BCUT2D eigenvalue weighted by Crippen LogP contribution is -1.89. The van der Waals surface area contributed by atoms with E-state index in [2.05, 4.69) is 9.97 Å². The average molecular weight is 263 g/mol. The number of hydrogen-bond acceptors (Lipinski definition) is 4. The molecular formula is C12H7ClN2OS. The molecular weight excluding hydrogens is 256 g/mol. The Morgan fingerprint density at radius 2 is 2.06 bits per heavy atom. The summed E-state index contributed by atoms with van der Waals surface area (Å²) < 4.78 is 0. The van der Waals surface area contributed by atoms with Crippen molar-refractivity contribution in [3.63, 3.8) is 0 Å². The van der Waals surface area contributed by atoms with E-state index >= 15 is 0 Å². The van der Waals surface area contributed by atoms with Gasteiger partial charge in [-0.05, 0) is 29.6 Å². The van der Waals surface area contributed by atoms with E-state index in [1.165, 1.54) is 0 Å². The number of halogens is 1. The second-order valence-corrected chi connectivity index (χ2v) is 4.82. The Balaban J connectivity index is 2.28. The van der Waals surface area contributed by atoms with Crippen LogP contribution in [0.3, 0.4) is 0 Å². The predicted octanol–water partition coefficient (Wildman–Crippen LogP) is 3.72. The van der Waals surface area contributed by atoms with Crippen LogP contribution in [0.4, 0.5) is 0 Å². The van der Waals surface area contributed by atoms with Crippen molar-refractivity contribution in [3.8, 4) is 16.5 Å². The van der Waals surface area contributed by atoms with Gasteiger partial charge in [-0.3, -0.25) is 0 Å². The van der Waals surface area contributed by atoms with Gasteiger partial charge in [-0.2, -0.15) is 0 Å². The second-order valence-electron chi connectivity index (χ2n) is 3.52. The molecule has 0 spiro atoms. The maximum Gasteiger partial charge on any atom is 0.171 e. The zero-order valence-corrected chi connectivity index (χ0v) is 10.2. The van der Waals surface area contributed by atoms with Crippen molar-refractivity contribution in [2.75, 3.05) is 0 Å². The van der Waals surface area contributed by atoms with Gasteiger partial charge in [0.05, 0.1) is 10.4 Å². The molecule has 2 aromatic heterocycles. The third-order valence-corrected chi connectivity index (χ3v) is 3.53. The van der Waals surface area contributed by atoms with Gasteiger partial charge in [-0.1, -0.05) is 17.7 Å². The van der Waals surface area contributed by atoms with Gasteiger partial charge in [0, 0.05) is 5.39 Å². The number of nitrogens with zero attached hydrogens (tertiary/aromatic N) is 2. The van der Waals surface area contributed by atoms with Crippen LogP contribution in [0, 0.1) is 0 Å². The molecule has 0 aliphatic heterocycles. The SMILES string of the molecule is Oc1ccc2nc(-c3cccs3)nc(Cl)c2c1. The van der Waals surface area contributed by atoms with Gasteiger partial charge in [-0.25, -0.2) is 9.97 Å². The maximum absolute atomic E-state index is 9.40. The second kappa shape index (κ2) is 3.98. The van der Waals surface area contributed by atoms with E-state index < -0.39 is 0 Å². The summed E-state index contributed by atoms with van der Waals surface area (Å²) in [6.07, 6.45) is 0. The summed E-state index contributed by atoms with van der Waals surface area (Å²) in [7, 11) is 0. The number of thiophene rings is 1. The number of hydrogen-bond donors (Lipinski definition) is 1. The average Bonchev–Trinajstić information content (AvgIpc) is 2.83. The summed E-state index contributed by atoms with van der Waals surface area (Å²) in [5.41, 5.74) is 0.728. The summed E-state index contributed by atoms with van der Waals surface area (Å²) in [5.74, 6) is 0.773.